The molecule has 0 aromatic heterocycles. The van der Waals surface area contributed by atoms with Crippen molar-refractivity contribution < 1.29 is 28.2 Å². The van der Waals surface area contributed by atoms with Crippen molar-refractivity contribution >= 4 is 21.0 Å². The summed E-state index contributed by atoms with van der Waals surface area (Å²) >= 11 is 0. The second-order valence-electron chi connectivity index (χ2n) is 8.25. The summed E-state index contributed by atoms with van der Waals surface area (Å²) < 4.78 is 35.0. The van der Waals surface area contributed by atoms with Crippen LogP contribution < -0.4 is 0 Å². The van der Waals surface area contributed by atoms with Crippen LogP contribution in [0.5, 0.6) is 0 Å². The Morgan fingerprint density at radius 2 is 1.83 bits per heavy atom. The zero-order valence-corrected chi connectivity index (χ0v) is 20.7. The van der Waals surface area contributed by atoms with Crippen LogP contribution in [-0.4, -0.2) is 28.1 Å². The molecule has 0 aliphatic rings. The van der Waals surface area contributed by atoms with Gasteiger partial charge >= 0.3 is 7.60 Å². The van der Waals surface area contributed by atoms with E-state index in [1.807, 2.05) is 19.1 Å². The van der Waals surface area contributed by atoms with E-state index in [2.05, 4.69) is 39.0 Å². The van der Waals surface area contributed by atoms with Crippen molar-refractivity contribution in [1.29, 1.82) is 0 Å². The first-order valence-corrected chi connectivity index (χ1v) is 13.9. The molecule has 0 amide bonds. The molecule has 0 radical (unpaired) electrons. The third kappa shape index (κ3) is 11.4. The Labute approximate surface area is 181 Å². The zero-order valence-electron chi connectivity index (χ0n) is 18.9. The van der Waals surface area contributed by atoms with Crippen LogP contribution in [0.2, 0.25) is 0 Å². The van der Waals surface area contributed by atoms with Crippen molar-refractivity contribution in [2.24, 2.45) is 0 Å². The van der Waals surface area contributed by atoms with Crippen LogP contribution in [0.25, 0.3) is 6.08 Å². The fourth-order valence-corrected chi connectivity index (χ4v) is 7.02. The number of ether oxygens (including phenoxy) is 1. The van der Waals surface area contributed by atoms with Crippen molar-refractivity contribution in [3.63, 3.8) is 0 Å². The summed E-state index contributed by atoms with van der Waals surface area (Å²) in [6, 6.07) is 6.04. The van der Waals surface area contributed by atoms with Crippen LogP contribution in [0.3, 0.4) is 0 Å². The minimum absolute atomic E-state index is 0.196. The minimum Gasteiger partial charge on any atom is -0.367 e. The van der Waals surface area contributed by atoms with Gasteiger partial charge in [0, 0.05) is 0 Å². The first-order valence-electron chi connectivity index (χ1n) is 10.1. The Kier molecular flexibility index (Phi) is 10.9. The first-order chi connectivity index (χ1) is 13.8. The molecule has 1 rings (SSSR count). The molecule has 1 aromatic carbocycles. The molecule has 8 heteroatoms. The highest BCUT2D eigenvalue weighted by molar-refractivity contribution is 7.73. The van der Waals surface area contributed by atoms with Crippen LogP contribution in [0.4, 0.5) is 0 Å². The second-order valence-corrected chi connectivity index (χ2v) is 12.8. The second kappa shape index (κ2) is 12.1. The first kappa shape index (κ1) is 27.0. The van der Waals surface area contributed by atoms with Crippen molar-refractivity contribution in [3.05, 3.63) is 52.1 Å². The Morgan fingerprint density at radius 1 is 1.17 bits per heavy atom. The van der Waals surface area contributed by atoms with Crippen molar-refractivity contribution in [2.45, 2.75) is 67.1 Å². The van der Waals surface area contributed by atoms with E-state index in [0.717, 1.165) is 29.5 Å². The summed E-state index contributed by atoms with van der Waals surface area (Å²) in [6.07, 6.45) is 5.69. The zero-order chi connectivity index (χ0) is 22.9. The van der Waals surface area contributed by atoms with Crippen molar-refractivity contribution in [3.8, 4) is 0 Å². The molecule has 0 bridgehead atoms. The predicted molar refractivity (Wildman–Crippen MR) is 124 cm³/mol. The molecule has 6 nitrogen and oxygen atoms in total. The molecule has 0 heterocycles. The number of benzene rings is 1. The normalized spacial score (nSPS) is 14.6. The summed E-state index contributed by atoms with van der Waals surface area (Å²) in [7, 11) is -8.07. The van der Waals surface area contributed by atoms with Crippen molar-refractivity contribution in [1.82, 2.24) is 0 Å². The summed E-state index contributed by atoms with van der Waals surface area (Å²) in [4.78, 5) is 18.4. The fourth-order valence-electron chi connectivity index (χ4n) is 2.98. The highest BCUT2D eigenvalue weighted by atomic mass is 31.2. The van der Waals surface area contributed by atoms with E-state index in [1.54, 1.807) is 13.8 Å². The van der Waals surface area contributed by atoms with Gasteiger partial charge in [-0.2, -0.15) is 0 Å². The monoisotopic (exact) mass is 458 g/mol. The van der Waals surface area contributed by atoms with E-state index in [1.165, 1.54) is 11.1 Å². The molecule has 0 aliphatic heterocycles. The minimum atomic E-state index is -4.48. The average Bonchev–Trinajstić information content (AvgIpc) is 2.53. The number of allylic oxidation sites excluding steroid dienone is 3. The molecule has 2 N–H and O–H groups in total. The lowest BCUT2D eigenvalue weighted by molar-refractivity contribution is 0.141. The average molecular weight is 458 g/mol. The Balaban J connectivity index is 2.75. The summed E-state index contributed by atoms with van der Waals surface area (Å²) in [5, 5.41) is 0. The van der Waals surface area contributed by atoms with E-state index >= 15 is 0 Å². The SMILES string of the molecule is CC(C)=CCCC(C)=Cc1ccc(COCP(=O)(CP(=O)(O)O)OC(C)C)c(C)c1. The molecule has 0 fully saturated rings. The largest absolute Gasteiger partial charge is 0.367 e. The van der Waals surface area contributed by atoms with Crippen LogP contribution in [0.1, 0.15) is 64.2 Å². The summed E-state index contributed by atoms with van der Waals surface area (Å²) in [6.45, 7) is 11.8. The molecule has 0 saturated heterocycles. The maximum atomic E-state index is 12.8. The lowest BCUT2D eigenvalue weighted by Crippen LogP contribution is -2.09. The molecule has 30 heavy (non-hydrogen) atoms. The quantitative estimate of drug-likeness (QED) is 0.276. The van der Waals surface area contributed by atoms with Crippen LogP contribution in [0.15, 0.2) is 35.4 Å². The van der Waals surface area contributed by atoms with E-state index < -0.39 is 27.0 Å². The Morgan fingerprint density at radius 3 is 2.37 bits per heavy atom. The third-order valence-electron chi connectivity index (χ3n) is 4.22. The predicted octanol–water partition coefficient (Wildman–Crippen LogP) is 6.46. The van der Waals surface area contributed by atoms with Gasteiger partial charge < -0.3 is 19.0 Å². The molecule has 0 spiro atoms. The van der Waals surface area contributed by atoms with E-state index in [-0.39, 0.29) is 13.0 Å². The molecule has 1 aromatic rings. The maximum absolute atomic E-state index is 12.8. The van der Waals surface area contributed by atoms with Crippen molar-refractivity contribution in [2.75, 3.05) is 12.3 Å². The highest BCUT2D eigenvalue weighted by Gasteiger charge is 2.34. The topological polar surface area (TPSA) is 93.1 Å². The number of hydrogen-bond donors (Lipinski definition) is 2. The van der Waals surface area contributed by atoms with Crippen LogP contribution >= 0.6 is 15.0 Å². The number of rotatable bonds is 12. The van der Waals surface area contributed by atoms with Crippen LogP contribution in [0, 0.1) is 6.92 Å². The lowest BCUT2D eigenvalue weighted by atomic mass is 10.0. The van der Waals surface area contributed by atoms with Gasteiger partial charge in [-0.15, -0.1) is 0 Å². The van der Waals surface area contributed by atoms with Gasteiger partial charge in [0.25, 0.3) is 0 Å². The lowest BCUT2D eigenvalue weighted by Gasteiger charge is -2.21. The van der Waals surface area contributed by atoms with Gasteiger partial charge in [0.2, 0.25) is 7.37 Å². The Hall–Kier alpha value is -1.00. The number of hydrogen-bond acceptors (Lipinski definition) is 4. The molecular weight excluding hydrogens is 422 g/mol. The van der Waals surface area contributed by atoms with E-state index in [0.29, 0.717) is 0 Å². The highest BCUT2D eigenvalue weighted by Crippen LogP contribution is 2.58. The van der Waals surface area contributed by atoms with E-state index in [4.69, 9.17) is 9.26 Å². The molecule has 1 unspecified atom stereocenters. The molecule has 0 aliphatic carbocycles. The van der Waals surface area contributed by atoms with Gasteiger partial charge in [-0.3, -0.25) is 9.13 Å². The standard InChI is InChI=1S/C22H36O6P2/c1-17(2)8-7-9-19(5)12-21-10-11-22(20(6)13-21)14-27-15-29(23,28-18(3)4)16-30(24,25)26/h8,10-13,18H,7,9,14-16H2,1-6H3,(H2,24,25,26). The van der Waals surface area contributed by atoms with Gasteiger partial charge in [0.05, 0.1) is 12.7 Å². The summed E-state index contributed by atoms with van der Waals surface area (Å²) in [5.41, 5.74) is 5.71. The van der Waals surface area contributed by atoms with Gasteiger partial charge in [-0.05, 0) is 71.1 Å². The van der Waals surface area contributed by atoms with Crippen LogP contribution in [-0.2, 0) is 25.0 Å². The van der Waals surface area contributed by atoms with Gasteiger partial charge in [0.15, 0.2) is 0 Å². The molecule has 0 saturated carbocycles. The fraction of sp³-hybridized carbons (Fsp3) is 0.545. The summed E-state index contributed by atoms with van der Waals surface area (Å²) in [5.74, 6) is -0.813. The van der Waals surface area contributed by atoms with Gasteiger partial charge in [-0.1, -0.05) is 41.5 Å². The maximum Gasteiger partial charge on any atom is 0.335 e. The van der Waals surface area contributed by atoms with Gasteiger partial charge in [0.1, 0.15) is 12.3 Å². The number of aryl methyl sites for hydroxylation is 1. The molecule has 170 valence electrons. The van der Waals surface area contributed by atoms with E-state index in [9.17, 15) is 18.9 Å². The smallest absolute Gasteiger partial charge is 0.335 e. The Bertz CT molecular complexity index is 847. The molecular formula is C22H36O6P2. The van der Waals surface area contributed by atoms with Gasteiger partial charge in [-0.25, -0.2) is 0 Å². The third-order valence-corrected chi connectivity index (χ3v) is 8.80. The molecule has 1 atom stereocenters.